The molecule has 0 amide bonds. The third kappa shape index (κ3) is 3.10. The molecule has 92 valence electrons. The summed E-state index contributed by atoms with van der Waals surface area (Å²) in [7, 11) is 0. The Hall–Kier alpha value is -1.28. The maximum atomic E-state index is 3.63. The van der Waals surface area contributed by atoms with Gasteiger partial charge >= 0.3 is 0 Å². The highest BCUT2D eigenvalue weighted by Crippen LogP contribution is 2.14. The molecule has 0 aliphatic heterocycles. The van der Waals surface area contributed by atoms with E-state index in [0.29, 0.717) is 6.04 Å². The van der Waals surface area contributed by atoms with Crippen molar-refractivity contribution in [3.05, 3.63) is 36.0 Å². The fraction of sp³-hybridized carbons (Fsp3) is 0.467. The van der Waals surface area contributed by atoms with E-state index in [2.05, 4.69) is 48.4 Å². The summed E-state index contributed by atoms with van der Waals surface area (Å²) in [5.74, 6) is 0. The maximum Gasteiger partial charge on any atom is 0.0457 e. The molecule has 0 saturated carbocycles. The van der Waals surface area contributed by atoms with Crippen molar-refractivity contribution in [3.63, 3.8) is 0 Å². The highest BCUT2D eigenvalue weighted by Gasteiger charge is 2.04. The second-order valence-electron chi connectivity index (χ2n) is 4.67. The molecule has 0 saturated heterocycles. The van der Waals surface area contributed by atoms with Crippen molar-refractivity contribution in [3.8, 4) is 0 Å². The number of nitrogens with one attached hydrogen (secondary N) is 2. The lowest BCUT2D eigenvalue weighted by Crippen LogP contribution is -2.27. The van der Waals surface area contributed by atoms with Crippen LogP contribution < -0.4 is 5.32 Å². The molecule has 0 aliphatic carbocycles. The lowest BCUT2D eigenvalue weighted by molar-refractivity contribution is 0.462. The normalized spacial score (nSPS) is 13.1. The summed E-state index contributed by atoms with van der Waals surface area (Å²) in [4.78, 5) is 3.26. The quantitative estimate of drug-likeness (QED) is 0.775. The minimum absolute atomic E-state index is 0.652. The Bertz CT molecular complexity index is 459. The lowest BCUT2D eigenvalue weighted by atomic mass is 10.1. The monoisotopic (exact) mass is 230 g/mol. The SMILES string of the molecule is CCCC(CC)NCc1ccc2cc[nH]c2c1. The summed E-state index contributed by atoms with van der Waals surface area (Å²) in [6, 6.07) is 9.39. The van der Waals surface area contributed by atoms with E-state index in [1.165, 1.54) is 35.7 Å². The van der Waals surface area contributed by atoms with Gasteiger partial charge in [0, 0.05) is 24.3 Å². The Kier molecular flexibility index (Phi) is 4.21. The molecule has 17 heavy (non-hydrogen) atoms. The molecule has 1 aromatic carbocycles. The highest BCUT2D eigenvalue weighted by atomic mass is 14.9. The summed E-state index contributed by atoms with van der Waals surface area (Å²) in [6.07, 6.45) is 5.72. The average Bonchev–Trinajstić information content (AvgIpc) is 2.81. The number of rotatable bonds is 6. The van der Waals surface area contributed by atoms with Crippen LogP contribution >= 0.6 is 0 Å². The van der Waals surface area contributed by atoms with Crippen LogP contribution in [-0.4, -0.2) is 11.0 Å². The van der Waals surface area contributed by atoms with Crippen LogP contribution in [-0.2, 0) is 6.54 Å². The van der Waals surface area contributed by atoms with Gasteiger partial charge in [0.1, 0.15) is 0 Å². The number of H-pyrrole nitrogens is 1. The van der Waals surface area contributed by atoms with Crippen molar-refractivity contribution in [2.75, 3.05) is 0 Å². The van der Waals surface area contributed by atoms with Crippen molar-refractivity contribution in [2.45, 2.75) is 45.7 Å². The average molecular weight is 230 g/mol. The molecule has 1 unspecified atom stereocenters. The summed E-state index contributed by atoms with van der Waals surface area (Å²) in [5.41, 5.74) is 2.59. The zero-order valence-corrected chi connectivity index (χ0v) is 10.8. The third-order valence-corrected chi connectivity index (χ3v) is 3.34. The van der Waals surface area contributed by atoms with Gasteiger partial charge in [-0.15, -0.1) is 0 Å². The van der Waals surface area contributed by atoms with E-state index in [-0.39, 0.29) is 0 Å². The van der Waals surface area contributed by atoms with Crippen LogP contribution in [0.4, 0.5) is 0 Å². The van der Waals surface area contributed by atoms with E-state index in [0.717, 1.165) is 6.54 Å². The first kappa shape index (κ1) is 12.2. The van der Waals surface area contributed by atoms with Gasteiger partial charge < -0.3 is 10.3 Å². The lowest BCUT2D eigenvalue weighted by Gasteiger charge is -2.16. The number of aromatic nitrogens is 1. The molecule has 2 heteroatoms. The van der Waals surface area contributed by atoms with Gasteiger partial charge in [-0.2, -0.15) is 0 Å². The van der Waals surface area contributed by atoms with Crippen LogP contribution in [0.5, 0.6) is 0 Å². The van der Waals surface area contributed by atoms with E-state index in [9.17, 15) is 0 Å². The van der Waals surface area contributed by atoms with Crippen LogP contribution in [0.2, 0.25) is 0 Å². The van der Waals surface area contributed by atoms with Crippen molar-refractivity contribution in [1.82, 2.24) is 10.3 Å². The van der Waals surface area contributed by atoms with Crippen molar-refractivity contribution < 1.29 is 0 Å². The molecule has 0 bridgehead atoms. The van der Waals surface area contributed by atoms with Crippen LogP contribution in [0.1, 0.15) is 38.7 Å². The molecule has 0 aliphatic rings. The van der Waals surface area contributed by atoms with Gasteiger partial charge in [-0.1, -0.05) is 32.4 Å². The van der Waals surface area contributed by atoms with Gasteiger partial charge in [0.2, 0.25) is 0 Å². The van der Waals surface area contributed by atoms with Gasteiger partial charge in [-0.25, -0.2) is 0 Å². The first-order chi connectivity index (χ1) is 8.33. The summed E-state index contributed by atoms with van der Waals surface area (Å²) in [5, 5.41) is 4.92. The number of benzene rings is 1. The Balaban J connectivity index is 1.97. The number of hydrogen-bond acceptors (Lipinski definition) is 1. The van der Waals surface area contributed by atoms with Crippen LogP contribution in [0.15, 0.2) is 30.5 Å². The van der Waals surface area contributed by atoms with Crippen molar-refractivity contribution >= 4 is 10.9 Å². The fourth-order valence-electron chi connectivity index (χ4n) is 2.27. The first-order valence-corrected chi connectivity index (χ1v) is 6.63. The Labute approximate surface area is 103 Å². The van der Waals surface area contributed by atoms with Crippen LogP contribution in [0.3, 0.4) is 0 Å². The van der Waals surface area contributed by atoms with E-state index < -0.39 is 0 Å². The molecule has 0 fully saturated rings. The van der Waals surface area contributed by atoms with E-state index >= 15 is 0 Å². The van der Waals surface area contributed by atoms with Crippen molar-refractivity contribution in [1.29, 1.82) is 0 Å². The predicted octanol–water partition coefficient (Wildman–Crippen LogP) is 3.84. The molecule has 1 heterocycles. The molecule has 1 aromatic heterocycles. The predicted molar refractivity (Wildman–Crippen MR) is 74.1 cm³/mol. The fourth-order valence-corrected chi connectivity index (χ4v) is 2.27. The highest BCUT2D eigenvalue weighted by molar-refractivity contribution is 5.79. The maximum absolute atomic E-state index is 3.63. The number of hydrogen-bond donors (Lipinski definition) is 2. The number of aromatic amines is 1. The van der Waals surface area contributed by atoms with Crippen LogP contribution in [0, 0.1) is 0 Å². The number of fused-ring (bicyclic) bond motifs is 1. The second kappa shape index (κ2) is 5.87. The first-order valence-electron chi connectivity index (χ1n) is 6.63. The van der Waals surface area contributed by atoms with Gasteiger partial charge in [0.05, 0.1) is 0 Å². The molecular weight excluding hydrogens is 208 g/mol. The zero-order chi connectivity index (χ0) is 12.1. The third-order valence-electron chi connectivity index (χ3n) is 3.34. The van der Waals surface area contributed by atoms with E-state index in [1.807, 2.05) is 6.20 Å². The Morgan fingerprint density at radius 1 is 1.24 bits per heavy atom. The minimum atomic E-state index is 0.652. The molecule has 2 nitrogen and oxygen atoms in total. The summed E-state index contributed by atoms with van der Waals surface area (Å²) in [6.45, 7) is 5.46. The smallest absolute Gasteiger partial charge is 0.0457 e. The molecule has 1 atom stereocenters. The Morgan fingerprint density at radius 2 is 2.12 bits per heavy atom. The van der Waals surface area contributed by atoms with Crippen LogP contribution in [0.25, 0.3) is 10.9 Å². The molecule has 0 spiro atoms. The van der Waals surface area contributed by atoms with E-state index in [1.54, 1.807) is 0 Å². The van der Waals surface area contributed by atoms with Gasteiger partial charge in [0.25, 0.3) is 0 Å². The molecule has 0 radical (unpaired) electrons. The second-order valence-corrected chi connectivity index (χ2v) is 4.67. The minimum Gasteiger partial charge on any atom is -0.361 e. The van der Waals surface area contributed by atoms with E-state index in [4.69, 9.17) is 0 Å². The van der Waals surface area contributed by atoms with Gasteiger partial charge in [0.15, 0.2) is 0 Å². The standard InChI is InChI=1S/C15H22N2/c1-3-5-14(4-2)17-11-12-6-7-13-8-9-16-15(13)10-12/h6-10,14,16-17H,3-5,11H2,1-2H3. The zero-order valence-electron chi connectivity index (χ0n) is 10.8. The molecule has 2 rings (SSSR count). The van der Waals surface area contributed by atoms with Gasteiger partial charge in [-0.05, 0) is 35.9 Å². The van der Waals surface area contributed by atoms with Gasteiger partial charge in [-0.3, -0.25) is 0 Å². The Morgan fingerprint density at radius 3 is 2.88 bits per heavy atom. The molecule has 2 N–H and O–H groups in total. The summed E-state index contributed by atoms with van der Waals surface area (Å²) >= 11 is 0. The summed E-state index contributed by atoms with van der Waals surface area (Å²) < 4.78 is 0. The largest absolute Gasteiger partial charge is 0.361 e. The molecular formula is C15H22N2. The molecule has 2 aromatic rings. The van der Waals surface area contributed by atoms with Crippen molar-refractivity contribution in [2.24, 2.45) is 0 Å². The topological polar surface area (TPSA) is 27.8 Å².